The molecule has 0 bridgehead atoms. The van der Waals surface area contributed by atoms with Crippen LogP contribution in [-0.2, 0) is 19.6 Å². The van der Waals surface area contributed by atoms with Crippen molar-refractivity contribution in [3.05, 3.63) is 47.3 Å². The summed E-state index contributed by atoms with van der Waals surface area (Å²) in [7, 11) is -3.76. The molecule has 8 heteroatoms. The molecule has 7 nitrogen and oxygen atoms in total. The van der Waals surface area contributed by atoms with Crippen molar-refractivity contribution in [2.45, 2.75) is 32.1 Å². The molecule has 0 amide bonds. The second-order valence-corrected chi connectivity index (χ2v) is 8.57. The molecule has 0 radical (unpaired) electrons. The highest BCUT2D eigenvalue weighted by Gasteiger charge is 2.40. The van der Waals surface area contributed by atoms with Crippen molar-refractivity contribution in [2.75, 3.05) is 6.61 Å². The number of rotatable bonds is 6. The quantitative estimate of drug-likeness (QED) is 0.600. The van der Waals surface area contributed by atoms with Gasteiger partial charge in [-0.2, -0.15) is 0 Å². The number of sulfonamides is 1. The van der Waals surface area contributed by atoms with Crippen LogP contribution in [0.1, 0.15) is 35.1 Å². The normalized spacial score (nSPS) is 19.0. The number of primary sulfonamides is 1. The molecule has 0 spiro atoms. The molecule has 2 N–H and O–H groups in total. The predicted octanol–water partition coefficient (Wildman–Crippen LogP) is 2.12. The summed E-state index contributed by atoms with van der Waals surface area (Å²) in [4.78, 5) is 24.3. The van der Waals surface area contributed by atoms with Gasteiger partial charge in [0.05, 0.1) is 10.8 Å². The van der Waals surface area contributed by atoms with Crippen molar-refractivity contribution in [3.8, 4) is 5.69 Å². The van der Waals surface area contributed by atoms with Crippen molar-refractivity contribution in [3.63, 3.8) is 0 Å². The summed E-state index contributed by atoms with van der Waals surface area (Å²) in [5.74, 6) is -0.332. The van der Waals surface area contributed by atoms with Gasteiger partial charge in [0.25, 0.3) is 0 Å². The van der Waals surface area contributed by atoms with Crippen LogP contribution in [0.25, 0.3) is 5.69 Å². The summed E-state index contributed by atoms with van der Waals surface area (Å²) >= 11 is 0. The lowest BCUT2D eigenvalue weighted by molar-refractivity contribution is -0.144. The van der Waals surface area contributed by atoms with E-state index in [9.17, 15) is 18.0 Å². The number of nitrogens with zero attached hydrogens (tertiary/aromatic N) is 1. The summed E-state index contributed by atoms with van der Waals surface area (Å²) in [6.07, 6.45) is 0.816. The Kier molecular flexibility index (Phi) is 4.96. The number of ether oxygens (including phenoxy) is 1. The van der Waals surface area contributed by atoms with Gasteiger partial charge in [0.2, 0.25) is 15.8 Å². The lowest BCUT2D eigenvalue weighted by Gasteiger charge is -2.10. The number of aromatic nitrogens is 1. The molecule has 1 aromatic carbocycles. The molecule has 2 atom stereocenters. The van der Waals surface area contributed by atoms with E-state index in [1.165, 1.54) is 12.1 Å². The van der Waals surface area contributed by atoms with Crippen LogP contribution >= 0.6 is 0 Å². The Labute approximate surface area is 158 Å². The first-order valence-electron chi connectivity index (χ1n) is 8.61. The number of Topliss-reactive ketones (excluding diaryl/α,β-unsaturated/α-hetero) is 1. The van der Waals surface area contributed by atoms with Crippen LogP contribution in [0.4, 0.5) is 0 Å². The third-order valence-electron chi connectivity index (χ3n) is 4.91. The van der Waals surface area contributed by atoms with Crippen molar-refractivity contribution in [1.82, 2.24) is 4.57 Å². The molecule has 1 aliphatic rings. The van der Waals surface area contributed by atoms with E-state index in [1.54, 1.807) is 25.1 Å². The SMILES string of the molecule is Cc1cc(C(=O)COC(=O)[C@@H]2C[C@H]2C)c(C)n1-c1ccc(S(N)(=O)=O)cc1. The molecular weight excluding hydrogens is 368 g/mol. The van der Waals surface area contributed by atoms with E-state index in [0.29, 0.717) is 22.9 Å². The minimum Gasteiger partial charge on any atom is -0.457 e. The van der Waals surface area contributed by atoms with Gasteiger partial charge in [0.1, 0.15) is 0 Å². The highest BCUT2D eigenvalue weighted by atomic mass is 32.2. The first kappa shape index (κ1) is 19.3. The van der Waals surface area contributed by atoms with Gasteiger partial charge in [-0.05, 0) is 56.5 Å². The first-order valence-corrected chi connectivity index (χ1v) is 10.2. The number of benzene rings is 1. The monoisotopic (exact) mass is 390 g/mol. The zero-order valence-electron chi connectivity index (χ0n) is 15.4. The van der Waals surface area contributed by atoms with Crippen molar-refractivity contribution in [1.29, 1.82) is 0 Å². The molecule has 1 aromatic heterocycles. The van der Waals surface area contributed by atoms with Crippen molar-refractivity contribution < 1.29 is 22.7 Å². The number of esters is 1. The summed E-state index contributed by atoms with van der Waals surface area (Å²) in [6.45, 7) is 5.33. The second-order valence-electron chi connectivity index (χ2n) is 7.01. The average Bonchev–Trinajstić information content (AvgIpc) is 3.26. The first-order chi connectivity index (χ1) is 12.6. The highest BCUT2D eigenvalue weighted by molar-refractivity contribution is 7.89. The number of carbonyl (C=O) groups is 2. The number of nitrogens with two attached hydrogens (primary N) is 1. The van der Waals surface area contributed by atoms with E-state index in [1.807, 2.05) is 18.4 Å². The van der Waals surface area contributed by atoms with Crippen LogP contribution in [0, 0.1) is 25.7 Å². The van der Waals surface area contributed by atoms with Gasteiger partial charge in [0.15, 0.2) is 6.61 Å². The predicted molar refractivity (Wildman–Crippen MR) is 99.2 cm³/mol. The Morgan fingerprint density at radius 1 is 1.22 bits per heavy atom. The van der Waals surface area contributed by atoms with Gasteiger partial charge in [-0.25, -0.2) is 13.6 Å². The number of ketones is 1. The number of hydrogen-bond acceptors (Lipinski definition) is 5. The van der Waals surface area contributed by atoms with Gasteiger partial charge >= 0.3 is 5.97 Å². The lowest BCUT2D eigenvalue weighted by atomic mass is 10.1. The number of aryl methyl sites for hydroxylation is 1. The average molecular weight is 390 g/mol. The van der Waals surface area contributed by atoms with E-state index in [0.717, 1.165) is 12.1 Å². The molecule has 1 saturated carbocycles. The topological polar surface area (TPSA) is 108 Å². The van der Waals surface area contributed by atoms with E-state index in [4.69, 9.17) is 9.88 Å². The summed E-state index contributed by atoms with van der Waals surface area (Å²) in [6, 6.07) is 7.83. The van der Waals surface area contributed by atoms with E-state index >= 15 is 0 Å². The summed E-state index contributed by atoms with van der Waals surface area (Å²) in [5, 5.41) is 5.12. The fraction of sp³-hybridized carbons (Fsp3) is 0.368. The van der Waals surface area contributed by atoms with Gasteiger partial charge in [0, 0.05) is 22.6 Å². The van der Waals surface area contributed by atoms with Crippen LogP contribution in [-0.4, -0.2) is 31.3 Å². The molecule has 1 fully saturated rings. The standard InChI is InChI=1S/C19H22N2O5S/c1-11-8-16(11)19(23)26-10-18(22)17-9-12(2)21(13(17)3)14-4-6-15(7-5-14)27(20,24)25/h4-7,9,11,16H,8,10H2,1-3H3,(H2,20,24,25)/t11-,16-/m1/s1. The number of carbonyl (C=O) groups excluding carboxylic acids is 2. The van der Waals surface area contributed by atoms with Crippen LogP contribution in [0.3, 0.4) is 0 Å². The van der Waals surface area contributed by atoms with Crippen LogP contribution in [0.5, 0.6) is 0 Å². The fourth-order valence-electron chi connectivity index (χ4n) is 3.20. The Bertz CT molecular complexity index is 1010. The highest BCUT2D eigenvalue weighted by Crippen LogP contribution is 2.38. The maximum atomic E-state index is 12.5. The number of hydrogen-bond donors (Lipinski definition) is 1. The molecule has 0 unspecified atom stereocenters. The van der Waals surface area contributed by atoms with Crippen LogP contribution < -0.4 is 5.14 Å². The minimum absolute atomic E-state index is 0.0197. The Morgan fingerprint density at radius 3 is 2.33 bits per heavy atom. The molecule has 2 aromatic rings. The molecule has 1 heterocycles. The molecule has 3 rings (SSSR count). The van der Waals surface area contributed by atoms with Gasteiger partial charge < -0.3 is 9.30 Å². The molecule has 0 saturated heterocycles. The largest absolute Gasteiger partial charge is 0.457 e. The third-order valence-corrected chi connectivity index (χ3v) is 5.84. The van der Waals surface area contributed by atoms with Gasteiger partial charge in [-0.1, -0.05) is 6.92 Å². The van der Waals surface area contributed by atoms with Crippen LogP contribution in [0.15, 0.2) is 35.2 Å². The van der Waals surface area contributed by atoms with E-state index < -0.39 is 10.0 Å². The van der Waals surface area contributed by atoms with Gasteiger partial charge in [-0.15, -0.1) is 0 Å². The third kappa shape index (κ3) is 3.96. The Hall–Kier alpha value is -2.45. The minimum atomic E-state index is -3.76. The smallest absolute Gasteiger partial charge is 0.309 e. The van der Waals surface area contributed by atoms with Gasteiger partial charge in [-0.3, -0.25) is 9.59 Å². The van der Waals surface area contributed by atoms with Crippen molar-refractivity contribution in [2.24, 2.45) is 17.0 Å². The second kappa shape index (κ2) is 6.94. The Morgan fingerprint density at radius 2 is 1.81 bits per heavy atom. The zero-order chi connectivity index (χ0) is 19.9. The molecule has 144 valence electrons. The Balaban J connectivity index is 1.80. The summed E-state index contributed by atoms with van der Waals surface area (Å²) in [5.41, 5.74) is 2.68. The van der Waals surface area contributed by atoms with Crippen molar-refractivity contribution >= 4 is 21.8 Å². The molecule has 0 aliphatic heterocycles. The van der Waals surface area contributed by atoms with Crippen LogP contribution in [0.2, 0.25) is 0 Å². The van der Waals surface area contributed by atoms with E-state index in [2.05, 4.69) is 0 Å². The fourth-order valence-corrected chi connectivity index (χ4v) is 3.71. The zero-order valence-corrected chi connectivity index (χ0v) is 16.2. The molecular formula is C19H22N2O5S. The maximum absolute atomic E-state index is 12.5. The van der Waals surface area contributed by atoms with E-state index in [-0.39, 0.29) is 29.2 Å². The summed E-state index contributed by atoms with van der Waals surface area (Å²) < 4.78 is 29.8. The molecule has 27 heavy (non-hydrogen) atoms. The molecule has 1 aliphatic carbocycles. The maximum Gasteiger partial charge on any atom is 0.309 e. The lowest BCUT2D eigenvalue weighted by Crippen LogP contribution is -2.16.